The summed E-state index contributed by atoms with van der Waals surface area (Å²) in [5.74, 6) is -0.738. The second-order valence-corrected chi connectivity index (χ2v) is 8.98. The van der Waals surface area contributed by atoms with Gasteiger partial charge in [0, 0.05) is 18.8 Å². The number of benzene rings is 2. The van der Waals surface area contributed by atoms with E-state index >= 15 is 0 Å². The molecule has 0 aliphatic carbocycles. The lowest BCUT2D eigenvalue weighted by Gasteiger charge is -2.26. The number of rotatable bonds is 8. The highest BCUT2D eigenvalue weighted by molar-refractivity contribution is 7.89. The normalized spacial score (nSPS) is 14.6. The lowest BCUT2D eigenvalue weighted by atomic mass is 10.1. The van der Waals surface area contributed by atoms with Crippen LogP contribution in [0, 0.1) is 0 Å². The molecule has 0 bridgehead atoms. The van der Waals surface area contributed by atoms with Gasteiger partial charge in [0.25, 0.3) is 5.91 Å². The monoisotopic (exact) mass is 462 g/mol. The Morgan fingerprint density at radius 2 is 1.78 bits per heavy atom. The number of hydrogen-bond donors (Lipinski definition) is 1. The molecule has 0 unspecified atom stereocenters. The molecule has 0 aromatic heterocycles. The molecule has 0 saturated carbocycles. The average Bonchev–Trinajstić information content (AvgIpc) is 2.83. The van der Waals surface area contributed by atoms with Crippen molar-refractivity contribution >= 4 is 27.6 Å². The number of nitrogens with one attached hydrogen (secondary N) is 1. The quantitative estimate of drug-likeness (QED) is 0.600. The van der Waals surface area contributed by atoms with Crippen molar-refractivity contribution in [3.8, 4) is 5.75 Å². The van der Waals surface area contributed by atoms with Gasteiger partial charge in [-0.25, -0.2) is 13.2 Å². The number of nitrogens with zero attached hydrogens (tertiary/aromatic N) is 1. The molecule has 1 heterocycles. The van der Waals surface area contributed by atoms with Gasteiger partial charge >= 0.3 is 5.97 Å². The van der Waals surface area contributed by atoms with Crippen LogP contribution in [0.5, 0.6) is 5.75 Å². The SMILES string of the molecule is CCCOC(=O)c1ccc(NC(=O)c2cc(S(=O)(=O)N3CCOCC3)ccc2OC)cc1. The number of anilines is 1. The predicted octanol–water partition coefficient (Wildman–Crippen LogP) is 2.54. The minimum Gasteiger partial charge on any atom is -0.496 e. The summed E-state index contributed by atoms with van der Waals surface area (Å²) >= 11 is 0. The molecule has 1 aliphatic rings. The zero-order valence-corrected chi connectivity index (χ0v) is 18.8. The topological polar surface area (TPSA) is 111 Å². The zero-order valence-electron chi connectivity index (χ0n) is 18.0. The molecule has 1 saturated heterocycles. The minimum atomic E-state index is -3.77. The molecule has 9 nitrogen and oxygen atoms in total. The molecule has 0 spiro atoms. The van der Waals surface area contributed by atoms with E-state index in [0.717, 1.165) is 6.42 Å². The van der Waals surface area contributed by atoms with Crippen LogP contribution in [0.2, 0.25) is 0 Å². The molecular formula is C22H26N2O7S. The summed E-state index contributed by atoms with van der Waals surface area (Å²) in [4.78, 5) is 24.8. The fourth-order valence-corrected chi connectivity index (χ4v) is 4.56. The molecule has 2 aromatic carbocycles. The van der Waals surface area contributed by atoms with E-state index in [1.165, 1.54) is 29.6 Å². The molecule has 1 aliphatic heterocycles. The first-order valence-electron chi connectivity index (χ1n) is 10.2. The molecule has 32 heavy (non-hydrogen) atoms. The van der Waals surface area contributed by atoms with E-state index < -0.39 is 21.9 Å². The van der Waals surface area contributed by atoms with Crippen molar-refractivity contribution in [1.82, 2.24) is 4.31 Å². The summed E-state index contributed by atoms with van der Waals surface area (Å²) in [5, 5.41) is 2.70. The number of esters is 1. The Labute approximate surface area is 187 Å². The summed E-state index contributed by atoms with van der Waals surface area (Å²) in [6.07, 6.45) is 0.724. The average molecular weight is 463 g/mol. The van der Waals surface area contributed by atoms with Gasteiger partial charge in [0.05, 0.1) is 43.0 Å². The summed E-state index contributed by atoms with van der Waals surface area (Å²) in [6, 6.07) is 10.4. The van der Waals surface area contributed by atoms with Crippen LogP contribution < -0.4 is 10.1 Å². The molecule has 0 radical (unpaired) electrons. The third-order valence-corrected chi connectivity index (χ3v) is 6.73. The Balaban J connectivity index is 1.80. The number of sulfonamides is 1. The van der Waals surface area contributed by atoms with Crippen LogP contribution in [0.25, 0.3) is 0 Å². The van der Waals surface area contributed by atoms with E-state index in [9.17, 15) is 18.0 Å². The van der Waals surface area contributed by atoms with Crippen molar-refractivity contribution in [3.63, 3.8) is 0 Å². The first-order chi connectivity index (χ1) is 15.4. The van der Waals surface area contributed by atoms with Gasteiger partial charge in [-0.05, 0) is 48.9 Å². The third kappa shape index (κ3) is 5.45. The smallest absolute Gasteiger partial charge is 0.338 e. The standard InChI is InChI=1S/C22H26N2O7S/c1-3-12-31-22(26)16-4-6-17(7-5-16)23-21(25)19-15-18(8-9-20(19)29-2)32(27,28)24-10-13-30-14-11-24/h4-9,15H,3,10-14H2,1-2H3,(H,23,25). The van der Waals surface area contributed by atoms with Crippen molar-refractivity contribution in [3.05, 3.63) is 53.6 Å². The van der Waals surface area contributed by atoms with Gasteiger partial charge in [0.15, 0.2) is 0 Å². The highest BCUT2D eigenvalue weighted by Gasteiger charge is 2.28. The van der Waals surface area contributed by atoms with Gasteiger partial charge in [0.2, 0.25) is 10.0 Å². The molecular weight excluding hydrogens is 436 g/mol. The molecule has 1 N–H and O–H groups in total. The van der Waals surface area contributed by atoms with Crippen LogP contribution in [0.3, 0.4) is 0 Å². The van der Waals surface area contributed by atoms with Gasteiger partial charge in [-0.1, -0.05) is 6.92 Å². The number of amides is 1. The van der Waals surface area contributed by atoms with Crippen molar-refractivity contribution in [2.45, 2.75) is 18.2 Å². The number of ether oxygens (including phenoxy) is 3. The van der Waals surface area contributed by atoms with Crippen LogP contribution in [0.15, 0.2) is 47.4 Å². The van der Waals surface area contributed by atoms with Crippen molar-refractivity contribution in [2.75, 3.05) is 45.3 Å². The highest BCUT2D eigenvalue weighted by Crippen LogP contribution is 2.26. The van der Waals surface area contributed by atoms with E-state index in [0.29, 0.717) is 31.1 Å². The summed E-state index contributed by atoms with van der Waals surface area (Å²) in [5.41, 5.74) is 0.881. The van der Waals surface area contributed by atoms with E-state index in [1.54, 1.807) is 24.3 Å². The second kappa shape index (κ2) is 10.6. The van der Waals surface area contributed by atoms with E-state index in [2.05, 4.69) is 5.32 Å². The largest absolute Gasteiger partial charge is 0.496 e. The molecule has 10 heteroatoms. The van der Waals surface area contributed by atoms with E-state index in [1.807, 2.05) is 6.92 Å². The fourth-order valence-electron chi connectivity index (χ4n) is 3.13. The second-order valence-electron chi connectivity index (χ2n) is 7.05. The Morgan fingerprint density at radius 1 is 1.09 bits per heavy atom. The van der Waals surface area contributed by atoms with Crippen molar-refractivity contribution in [2.24, 2.45) is 0 Å². The van der Waals surface area contributed by atoms with Crippen molar-refractivity contribution < 1.29 is 32.2 Å². The third-order valence-electron chi connectivity index (χ3n) is 4.84. The van der Waals surface area contributed by atoms with Crippen molar-refractivity contribution in [1.29, 1.82) is 0 Å². The van der Waals surface area contributed by atoms with Gasteiger partial charge in [-0.15, -0.1) is 0 Å². The zero-order chi connectivity index (χ0) is 23.1. The lowest BCUT2D eigenvalue weighted by Crippen LogP contribution is -2.40. The number of morpholine rings is 1. The maximum absolute atomic E-state index is 13.0. The highest BCUT2D eigenvalue weighted by atomic mass is 32.2. The first-order valence-corrected chi connectivity index (χ1v) is 11.6. The van der Waals surface area contributed by atoms with Crippen LogP contribution in [-0.4, -0.2) is 64.6 Å². The minimum absolute atomic E-state index is 0.000586. The summed E-state index contributed by atoms with van der Waals surface area (Å²) < 4.78 is 42.8. The maximum Gasteiger partial charge on any atom is 0.338 e. The number of methoxy groups -OCH3 is 1. The van der Waals surface area contributed by atoms with Crippen LogP contribution >= 0.6 is 0 Å². The van der Waals surface area contributed by atoms with E-state index in [-0.39, 0.29) is 29.3 Å². The lowest BCUT2D eigenvalue weighted by molar-refractivity contribution is 0.0505. The maximum atomic E-state index is 13.0. The van der Waals surface area contributed by atoms with Gasteiger partial charge < -0.3 is 19.5 Å². The summed E-state index contributed by atoms with van der Waals surface area (Å²) in [7, 11) is -2.37. The van der Waals surface area contributed by atoms with Crippen LogP contribution in [0.1, 0.15) is 34.1 Å². The number of carbonyl (C=O) groups is 2. The fraction of sp³-hybridized carbons (Fsp3) is 0.364. The van der Waals surface area contributed by atoms with Crippen LogP contribution in [-0.2, 0) is 19.5 Å². The van der Waals surface area contributed by atoms with E-state index in [4.69, 9.17) is 14.2 Å². The molecule has 3 rings (SSSR count). The number of carbonyl (C=O) groups excluding carboxylic acids is 2. The summed E-state index contributed by atoms with van der Waals surface area (Å²) in [6.45, 7) is 3.39. The Bertz CT molecular complexity index is 1060. The predicted molar refractivity (Wildman–Crippen MR) is 118 cm³/mol. The van der Waals surface area contributed by atoms with Gasteiger partial charge in [-0.3, -0.25) is 4.79 Å². The van der Waals surface area contributed by atoms with Gasteiger partial charge in [-0.2, -0.15) is 4.31 Å². The first kappa shape index (κ1) is 23.7. The Hall–Kier alpha value is -2.95. The molecule has 0 atom stereocenters. The Morgan fingerprint density at radius 3 is 2.41 bits per heavy atom. The van der Waals surface area contributed by atoms with Gasteiger partial charge in [0.1, 0.15) is 5.75 Å². The molecule has 1 fully saturated rings. The molecule has 2 aromatic rings. The Kier molecular flexibility index (Phi) is 7.84. The molecule has 1 amide bonds. The van der Waals surface area contributed by atoms with Crippen LogP contribution in [0.4, 0.5) is 5.69 Å². The number of hydrogen-bond acceptors (Lipinski definition) is 7. The molecule has 172 valence electrons.